The van der Waals surface area contributed by atoms with E-state index in [1.165, 1.54) is 5.56 Å². The Morgan fingerprint density at radius 3 is 2.56 bits per heavy atom. The molecule has 1 aliphatic heterocycles. The molecular formula is C28H33ClN2O5. The van der Waals surface area contributed by atoms with Crippen molar-refractivity contribution in [2.45, 2.75) is 51.2 Å². The van der Waals surface area contributed by atoms with Crippen LogP contribution < -0.4 is 4.74 Å². The van der Waals surface area contributed by atoms with E-state index in [0.717, 1.165) is 47.8 Å². The molecule has 0 saturated heterocycles. The van der Waals surface area contributed by atoms with Crippen molar-refractivity contribution < 1.29 is 24.5 Å². The lowest BCUT2D eigenvalue weighted by Gasteiger charge is -2.36. The third-order valence-corrected chi connectivity index (χ3v) is 7.67. The molecule has 0 bridgehead atoms. The van der Waals surface area contributed by atoms with Gasteiger partial charge in [0.25, 0.3) is 0 Å². The Kier molecular flexibility index (Phi) is 7.15. The van der Waals surface area contributed by atoms with E-state index in [0.29, 0.717) is 23.7 Å². The van der Waals surface area contributed by atoms with Crippen LogP contribution in [-0.2, 0) is 11.2 Å². The van der Waals surface area contributed by atoms with Gasteiger partial charge in [-0.25, -0.2) is 4.79 Å². The summed E-state index contributed by atoms with van der Waals surface area (Å²) in [5, 5.41) is 20.8. The van der Waals surface area contributed by atoms with E-state index in [9.17, 15) is 15.0 Å². The Balaban J connectivity index is 1.46. The van der Waals surface area contributed by atoms with Gasteiger partial charge in [0.1, 0.15) is 17.9 Å². The fourth-order valence-electron chi connectivity index (χ4n) is 5.17. The van der Waals surface area contributed by atoms with Crippen LogP contribution in [0.25, 0.3) is 10.9 Å². The molecule has 192 valence electrons. The molecule has 3 aromatic rings. The normalized spacial score (nSPS) is 18.4. The van der Waals surface area contributed by atoms with Crippen LogP contribution in [0.5, 0.6) is 5.75 Å². The Bertz CT molecular complexity index is 1210. The maximum Gasteiger partial charge on any atom is 0.410 e. The second-order valence-corrected chi connectivity index (χ2v) is 10.8. The number of benzene rings is 2. The summed E-state index contributed by atoms with van der Waals surface area (Å²) in [6, 6.07) is 13.1. The maximum atomic E-state index is 13.4. The molecule has 1 fully saturated rings. The van der Waals surface area contributed by atoms with Gasteiger partial charge in [-0.3, -0.25) is 4.90 Å². The number of fused-ring (bicyclic) bond motifs is 3. The highest BCUT2D eigenvalue weighted by atomic mass is 35.5. The summed E-state index contributed by atoms with van der Waals surface area (Å²) in [5.41, 5.74) is 3.36. The number of carbonyl (C=O) groups excluding carboxylic acids is 1. The van der Waals surface area contributed by atoms with E-state index in [1.54, 1.807) is 6.92 Å². The largest absolute Gasteiger partial charge is 0.493 e. The van der Waals surface area contributed by atoms with E-state index in [1.807, 2.05) is 47.4 Å². The molecule has 1 amide bonds. The lowest BCUT2D eigenvalue weighted by molar-refractivity contribution is 0.0287. The molecule has 36 heavy (non-hydrogen) atoms. The van der Waals surface area contributed by atoms with Crippen LogP contribution in [0.3, 0.4) is 0 Å². The molecule has 3 N–H and O–H groups in total. The van der Waals surface area contributed by atoms with Crippen molar-refractivity contribution in [3.63, 3.8) is 0 Å². The average molecular weight is 513 g/mol. The summed E-state index contributed by atoms with van der Waals surface area (Å²) < 4.78 is 11.8. The second kappa shape index (κ2) is 10.3. The molecule has 2 heterocycles. The first-order valence-corrected chi connectivity index (χ1v) is 13.0. The smallest absolute Gasteiger partial charge is 0.410 e. The number of H-pyrrole nitrogens is 1. The average Bonchev–Trinajstić information content (AvgIpc) is 3.54. The predicted molar refractivity (Wildman–Crippen MR) is 139 cm³/mol. The number of rotatable bonds is 7. The zero-order chi connectivity index (χ0) is 25.3. The first-order chi connectivity index (χ1) is 17.4. The number of nitrogens with zero attached hydrogens (tertiary/aromatic N) is 1. The lowest BCUT2D eigenvalue weighted by atomic mass is 9.92. The zero-order valence-corrected chi connectivity index (χ0v) is 21.3. The number of ether oxygens (including phenoxy) is 2. The van der Waals surface area contributed by atoms with Crippen LogP contribution in [0.2, 0.25) is 5.02 Å². The van der Waals surface area contributed by atoms with Gasteiger partial charge in [-0.05, 0) is 73.6 Å². The van der Waals surface area contributed by atoms with Gasteiger partial charge in [-0.1, -0.05) is 30.7 Å². The minimum Gasteiger partial charge on any atom is -0.493 e. The van der Waals surface area contributed by atoms with Crippen molar-refractivity contribution >= 4 is 28.6 Å². The zero-order valence-electron chi connectivity index (χ0n) is 20.5. The van der Waals surface area contributed by atoms with Gasteiger partial charge in [0.15, 0.2) is 0 Å². The van der Waals surface area contributed by atoms with Crippen molar-refractivity contribution in [2.75, 3.05) is 26.4 Å². The monoisotopic (exact) mass is 512 g/mol. The second-order valence-electron chi connectivity index (χ2n) is 10.3. The molecule has 7 nitrogen and oxygen atoms in total. The van der Waals surface area contributed by atoms with Gasteiger partial charge in [0, 0.05) is 33.6 Å². The molecule has 0 spiro atoms. The molecular weight excluding hydrogens is 480 g/mol. The number of hydrogen-bond acceptors (Lipinski definition) is 5. The van der Waals surface area contributed by atoms with Crippen molar-refractivity contribution in [3.8, 4) is 5.75 Å². The molecule has 5 rings (SSSR count). The van der Waals surface area contributed by atoms with Crippen LogP contribution in [0, 0.1) is 5.41 Å². The van der Waals surface area contributed by atoms with Crippen molar-refractivity contribution in [3.05, 3.63) is 64.3 Å². The maximum absolute atomic E-state index is 13.4. The minimum atomic E-state index is -0.719. The number of amides is 1. The minimum absolute atomic E-state index is 0.01000. The first-order valence-electron chi connectivity index (χ1n) is 12.6. The van der Waals surface area contributed by atoms with E-state index >= 15 is 0 Å². The molecule has 1 atom stereocenters. The summed E-state index contributed by atoms with van der Waals surface area (Å²) in [6.07, 6.45) is 4.47. The molecule has 1 aliphatic carbocycles. The highest BCUT2D eigenvalue weighted by Crippen LogP contribution is 2.40. The predicted octanol–water partition coefficient (Wildman–Crippen LogP) is 5.22. The fourth-order valence-corrected chi connectivity index (χ4v) is 5.34. The van der Waals surface area contributed by atoms with Crippen LogP contribution >= 0.6 is 11.6 Å². The van der Waals surface area contributed by atoms with Crippen molar-refractivity contribution in [2.24, 2.45) is 5.41 Å². The molecule has 8 heteroatoms. The number of aliphatic hydroxyl groups is 2. The Morgan fingerprint density at radius 1 is 1.14 bits per heavy atom. The summed E-state index contributed by atoms with van der Waals surface area (Å²) in [5.74, 6) is 0.631. The van der Waals surface area contributed by atoms with Gasteiger partial charge in [-0.15, -0.1) is 0 Å². The van der Waals surface area contributed by atoms with Gasteiger partial charge in [0.05, 0.1) is 19.8 Å². The van der Waals surface area contributed by atoms with Crippen molar-refractivity contribution in [1.29, 1.82) is 0 Å². The van der Waals surface area contributed by atoms with Crippen LogP contribution in [0.4, 0.5) is 4.79 Å². The number of halogens is 1. The van der Waals surface area contributed by atoms with Crippen LogP contribution in [0.1, 0.15) is 55.5 Å². The van der Waals surface area contributed by atoms with Crippen molar-refractivity contribution in [1.82, 2.24) is 9.88 Å². The van der Waals surface area contributed by atoms with E-state index < -0.39 is 5.41 Å². The van der Waals surface area contributed by atoms with Gasteiger partial charge >= 0.3 is 6.09 Å². The lowest BCUT2D eigenvalue weighted by Crippen LogP contribution is -2.42. The summed E-state index contributed by atoms with van der Waals surface area (Å²) in [6.45, 7) is 2.16. The van der Waals surface area contributed by atoms with Crippen LogP contribution in [-0.4, -0.2) is 58.7 Å². The van der Waals surface area contributed by atoms with Gasteiger partial charge < -0.3 is 24.7 Å². The summed E-state index contributed by atoms with van der Waals surface area (Å²) in [7, 11) is 0. The third kappa shape index (κ3) is 4.92. The van der Waals surface area contributed by atoms with E-state index in [-0.39, 0.29) is 38.1 Å². The van der Waals surface area contributed by atoms with Crippen LogP contribution in [0.15, 0.2) is 42.5 Å². The number of carbonyl (C=O) groups is 1. The topological polar surface area (TPSA) is 95.0 Å². The third-order valence-electron chi connectivity index (χ3n) is 7.44. The Labute approximate surface area is 216 Å². The quantitative estimate of drug-likeness (QED) is 0.403. The molecule has 2 aromatic carbocycles. The molecule has 1 saturated carbocycles. The number of nitrogens with one attached hydrogen (secondary N) is 1. The fraction of sp³-hybridized carbons (Fsp3) is 0.464. The number of hydrogen-bond donors (Lipinski definition) is 3. The molecule has 2 aliphatic rings. The molecule has 1 aromatic heterocycles. The Hall–Kier alpha value is -2.74. The number of aromatic amines is 1. The number of aromatic nitrogens is 1. The molecule has 1 unspecified atom stereocenters. The summed E-state index contributed by atoms with van der Waals surface area (Å²) in [4.78, 5) is 18.7. The highest BCUT2D eigenvalue weighted by Gasteiger charge is 2.36. The Morgan fingerprint density at radius 2 is 1.86 bits per heavy atom. The number of aliphatic hydroxyl groups excluding tert-OH is 2. The standard InChI is InChI=1S/C28H33ClN2O5/c1-28(15-32,16-33)17-35-20-9-6-18(7-10-20)26-25-22(23-14-19(29)8-11-24(23)30-25)12-13-31(26)27(34)36-21-4-2-3-5-21/h6-11,14,21,26,30,32-33H,2-5,12-13,15-17H2,1H3. The first kappa shape index (κ1) is 24.9. The molecule has 0 radical (unpaired) electrons. The van der Waals surface area contributed by atoms with E-state index in [4.69, 9.17) is 21.1 Å². The summed E-state index contributed by atoms with van der Waals surface area (Å²) >= 11 is 6.30. The SMILES string of the molecule is CC(CO)(CO)COc1ccc(C2c3[nH]c4ccc(Cl)cc4c3CCN2C(=O)OC2CCCC2)cc1. The van der Waals surface area contributed by atoms with Gasteiger partial charge in [-0.2, -0.15) is 0 Å². The van der Waals surface area contributed by atoms with Gasteiger partial charge in [0.2, 0.25) is 0 Å². The van der Waals surface area contributed by atoms with E-state index in [2.05, 4.69) is 4.98 Å². The highest BCUT2D eigenvalue weighted by molar-refractivity contribution is 6.31.